The second-order valence-electron chi connectivity index (χ2n) is 3.53. The van der Waals surface area contributed by atoms with Crippen LogP contribution in [0.2, 0.25) is 5.02 Å². The standard InChI is InChI=1S/C12H8ClFN4/c13-8-1-2-11(10(14)4-8)18-12-7(5-15)3-9(16)6-17-12/h1-4,6H,16H2,(H,17,18). The Hall–Kier alpha value is -2.32. The van der Waals surface area contributed by atoms with Crippen molar-refractivity contribution < 1.29 is 4.39 Å². The maximum Gasteiger partial charge on any atom is 0.148 e. The lowest BCUT2D eigenvalue weighted by molar-refractivity contribution is 0.632. The molecule has 0 fully saturated rings. The van der Waals surface area contributed by atoms with Gasteiger partial charge >= 0.3 is 0 Å². The van der Waals surface area contributed by atoms with Gasteiger partial charge < -0.3 is 11.1 Å². The van der Waals surface area contributed by atoms with Crippen LogP contribution in [0, 0.1) is 17.1 Å². The predicted molar refractivity (Wildman–Crippen MR) is 68.1 cm³/mol. The summed E-state index contributed by atoms with van der Waals surface area (Å²) in [6.07, 6.45) is 1.39. The molecular formula is C12H8ClFN4. The number of rotatable bonds is 2. The molecule has 3 N–H and O–H groups in total. The summed E-state index contributed by atoms with van der Waals surface area (Å²) in [5, 5.41) is 12.0. The van der Waals surface area contributed by atoms with Gasteiger partial charge in [0.1, 0.15) is 17.7 Å². The molecule has 0 aliphatic rings. The number of anilines is 3. The quantitative estimate of drug-likeness (QED) is 0.872. The highest BCUT2D eigenvalue weighted by Gasteiger charge is 2.08. The van der Waals surface area contributed by atoms with Crippen LogP contribution < -0.4 is 11.1 Å². The summed E-state index contributed by atoms with van der Waals surface area (Å²) in [4.78, 5) is 3.95. The lowest BCUT2D eigenvalue weighted by Gasteiger charge is -2.08. The number of hydrogen-bond donors (Lipinski definition) is 2. The van der Waals surface area contributed by atoms with Gasteiger partial charge in [-0.2, -0.15) is 5.26 Å². The number of hydrogen-bond acceptors (Lipinski definition) is 4. The van der Waals surface area contributed by atoms with Gasteiger partial charge in [0.05, 0.1) is 23.1 Å². The van der Waals surface area contributed by atoms with E-state index in [0.29, 0.717) is 10.7 Å². The summed E-state index contributed by atoms with van der Waals surface area (Å²) in [5.74, 6) is -0.280. The maximum absolute atomic E-state index is 13.6. The minimum Gasteiger partial charge on any atom is -0.397 e. The highest BCUT2D eigenvalue weighted by molar-refractivity contribution is 6.30. The molecule has 0 atom stereocenters. The van der Waals surface area contributed by atoms with E-state index in [1.165, 1.54) is 30.5 Å². The fraction of sp³-hybridized carbons (Fsp3) is 0. The third-order valence-electron chi connectivity index (χ3n) is 2.21. The Morgan fingerprint density at radius 2 is 2.17 bits per heavy atom. The predicted octanol–water partition coefficient (Wildman–Crippen LogP) is 3.07. The molecule has 1 aromatic carbocycles. The Kier molecular flexibility index (Phi) is 3.31. The fourth-order valence-corrected chi connectivity index (χ4v) is 1.54. The number of nitrogen functional groups attached to an aromatic ring is 1. The van der Waals surface area contributed by atoms with E-state index in [2.05, 4.69) is 10.3 Å². The Bertz CT molecular complexity index is 636. The van der Waals surface area contributed by atoms with Crippen molar-refractivity contribution in [2.75, 3.05) is 11.1 Å². The number of nitrogens with zero attached hydrogens (tertiary/aromatic N) is 2. The molecule has 0 unspecified atom stereocenters. The molecule has 18 heavy (non-hydrogen) atoms. The van der Waals surface area contributed by atoms with E-state index in [1.807, 2.05) is 6.07 Å². The second kappa shape index (κ2) is 4.90. The molecule has 0 amide bonds. The SMILES string of the molecule is N#Cc1cc(N)cnc1Nc1ccc(Cl)cc1F. The van der Waals surface area contributed by atoms with E-state index in [9.17, 15) is 4.39 Å². The van der Waals surface area contributed by atoms with E-state index in [1.54, 1.807) is 0 Å². The van der Waals surface area contributed by atoms with Crippen LogP contribution in [-0.4, -0.2) is 4.98 Å². The van der Waals surface area contributed by atoms with Crippen LogP contribution in [0.15, 0.2) is 30.5 Å². The van der Waals surface area contributed by atoms with Crippen molar-refractivity contribution in [3.63, 3.8) is 0 Å². The molecule has 6 heteroatoms. The highest BCUT2D eigenvalue weighted by Crippen LogP contribution is 2.24. The minimum absolute atomic E-state index is 0.188. The van der Waals surface area contributed by atoms with Crippen LogP contribution in [0.25, 0.3) is 0 Å². The third-order valence-corrected chi connectivity index (χ3v) is 2.45. The van der Waals surface area contributed by atoms with E-state index in [0.717, 1.165) is 0 Å². The fourth-order valence-electron chi connectivity index (χ4n) is 1.38. The first-order valence-corrected chi connectivity index (χ1v) is 5.35. The molecule has 4 nitrogen and oxygen atoms in total. The lowest BCUT2D eigenvalue weighted by atomic mass is 10.2. The molecule has 0 saturated heterocycles. The molecular weight excluding hydrogens is 255 g/mol. The van der Waals surface area contributed by atoms with Crippen molar-refractivity contribution in [2.24, 2.45) is 0 Å². The summed E-state index contributed by atoms with van der Waals surface area (Å²) in [6, 6.07) is 7.58. The second-order valence-corrected chi connectivity index (χ2v) is 3.96. The van der Waals surface area contributed by atoms with Crippen LogP contribution in [0.1, 0.15) is 5.56 Å². The maximum atomic E-state index is 13.6. The van der Waals surface area contributed by atoms with Crippen molar-refractivity contribution >= 4 is 28.8 Å². The molecule has 2 rings (SSSR count). The molecule has 0 aliphatic heterocycles. The minimum atomic E-state index is -0.523. The number of nitrogens with two attached hydrogens (primary N) is 1. The summed E-state index contributed by atoms with van der Waals surface area (Å²) in [6.45, 7) is 0. The first kappa shape index (κ1) is 12.1. The molecule has 0 bridgehead atoms. The van der Waals surface area contributed by atoms with Gasteiger partial charge in [-0.1, -0.05) is 11.6 Å². The van der Waals surface area contributed by atoms with Crippen LogP contribution in [0.3, 0.4) is 0 Å². The Morgan fingerprint density at radius 3 is 2.83 bits per heavy atom. The van der Waals surface area contributed by atoms with Gasteiger partial charge in [-0.15, -0.1) is 0 Å². The Morgan fingerprint density at radius 1 is 1.39 bits per heavy atom. The number of nitriles is 1. The molecule has 2 aromatic rings. The zero-order chi connectivity index (χ0) is 13.1. The van der Waals surface area contributed by atoms with Gasteiger partial charge in [-0.3, -0.25) is 0 Å². The van der Waals surface area contributed by atoms with E-state index < -0.39 is 5.82 Å². The largest absolute Gasteiger partial charge is 0.397 e. The number of pyridine rings is 1. The molecule has 0 spiro atoms. The molecule has 0 radical (unpaired) electrons. The van der Waals surface area contributed by atoms with Gasteiger partial charge in [0.15, 0.2) is 0 Å². The number of halogens is 2. The third kappa shape index (κ3) is 2.50. The Labute approximate surface area is 108 Å². The smallest absolute Gasteiger partial charge is 0.148 e. The average Bonchev–Trinajstić information content (AvgIpc) is 2.34. The van der Waals surface area contributed by atoms with Crippen molar-refractivity contribution in [3.8, 4) is 6.07 Å². The number of benzene rings is 1. The van der Waals surface area contributed by atoms with Crippen LogP contribution in [-0.2, 0) is 0 Å². The van der Waals surface area contributed by atoms with Gasteiger partial charge in [-0.05, 0) is 24.3 Å². The summed E-state index contributed by atoms with van der Waals surface area (Å²) < 4.78 is 13.6. The van der Waals surface area contributed by atoms with E-state index in [-0.39, 0.29) is 17.1 Å². The number of aromatic nitrogens is 1. The molecule has 0 saturated carbocycles. The Balaban J connectivity index is 2.37. The average molecular weight is 263 g/mol. The van der Waals surface area contributed by atoms with Crippen LogP contribution >= 0.6 is 11.6 Å². The van der Waals surface area contributed by atoms with Gasteiger partial charge in [0.25, 0.3) is 0 Å². The van der Waals surface area contributed by atoms with E-state index in [4.69, 9.17) is 22.6 Å². The van der Waals surface area contributed by atoms with Crippen molar-refractivity contribution in [1.29, 1.82) is 5.26 Å². The molecule has 0 aliphatic carbocycles. The van der Waals surface area contributed by atoms with E-state index >= 15 is 0 Å². The van der Waals surface area contributed by atoms with Crippen molar-refractivity contribution in [2.45, 2.75) is 0 Å². The van der Waals surface area contributed by atoms with Gasteiger partial charge in [0.2, 0.25) is 0 Å². The highest BCUT2D eigenvalue weighted by atomic mass is 35.5. The lowest BCUT2D eigenvalue weighted by Crippen LogP contribution is -2.00. The van der Waals surface area contributed by atoms with Crippen molar-refractivity contribution in [1.82, 2.24) is 4.98 Å². The monoisotopic (exact) mass is 262 g/mol. The van der Waals surface area contributed by atoms with Crippen molar-refractivity contribution in [3.05, 3.63) is 46.9 Å². The first-order chi connectivity index (χ1) is 8.60. The molecule has 1 heterocycles. The number of nitrogens with one attached hydrogen (secondary N) is 1. The topological polar surface area (TPSA) is 74.7 Å². The zero-order valence-corrected chi connectivity index (χ0v) is 9.87. The summed E-state index contributed by atoms with van der Waals surface area (Å²) in [7, 11) is 0. The molecule has 1 aromatic heterocycles. The molecule has 90 valence electrons. The van der Waals surface area contributed by atoms with Gasteiger partial charge in [0, 0.05) is 5.02 Å². The van der Waals surface area contributed by atoms with Crippen LogP contribution in [0.5, 0.6) is 0 Å². The normalized spacial score (nSPS) is 9.83. The van der Waals surface area contributed by atoms with Gasteiger partial charge in [-0.25, -0.2) is 9.37 Å². The van der Waals surface area contributed by atoms with Crippen LogP contribution in [0.4, 0.5) is 21.6 Å². The summed E-state index contributed by atoms with van der Waals surface area (Å²) in [5.41, 5.74) is 6.31. The first-order valence-electron chi connectivity index (χ1n) is 4.98. The summed E-state index contributed by atoms with van der Waals surface area (Å²) >= 11 is 5.65. The zero-order valence-electron chi connectivity index (χ0n) is 9.11.